The first kappa shape index (κ1) is 16.1. The smallest absolute Gasteiger partial charge is 0.240 e. The van der Waals surface area contributed by atoms with E-state index < -0.39 is 11.6 Å². The summed E-state index contributed by atoms with van der Waals surface area (Å²) in [4.78, 5) is 13.8. The van der Waals surface area contributed by atoms with Gasteiger partial charge in [0.05, 0.1) is 5.54 Å². The Morgan fingerprint density at radius 3 is 2.76 bits per heavy atom. The van der Waals surface area contributed by atoms with Gasteiger partial charge in [0.1, 0.15) is 18.5 Å². The molecule has 1 atom stereocenters. The highest BCUT2D eigenvalue weighted by Crippen LogP contribution is 2.19. The Balaban J connectivity index is 1.85. The van der Waals surface area contributed by atoms with Crippen molar-refractivity contribution in [1.82, 2.24) is 10.2 Å². The summed E-state index contributed by atoms with van der Waals surface area (Å²) >= 11 is 5.80. The number of hydrogen-bond acceptors (Lipinski definition) is 4. The van der Waals surface area contributed by atoms with Gasteiger partial charge in [-0.15, -0.1) is 0 Å². The maximum Gasteiger partial charge on any atom is 0.240 e. The van der Waals surface area contributed by atoms with Gasteiger partial charge < -0.3 is 15.2 Å². The second-order valence-electron chi connectivity index (χ2n) is 5.68. The largest absolute Gasteiger partial charge is 0.491 e. The molecule has 1 fully saturated rings. The summed E-state index contributed by atoms with van der Waals surface area (Å²) < 4.78 is 5.52. The van der Waals surface area contributed by atoms with Gasteiger partial charge in [-0.3, -0.25) is 9.69 Å². The van der Waals surface area contributed by atoms with Crippen molar-refractivity contribution < 1.29 is 14.6 Å². The summed E-state index contributed by atoms with van der Waals surface area (Å²) in [5, 5.41) is 13.6. The number of carbonyl (C=O) groups is 1. The van der Waals surface area contributed by atoms with E-state index in [4.69, 9.17) is 16.3 Å². The molecule has 2 rings (SSSR count). The van der Waals surface area contributed by atoms with E-state index in [1.165, 1.54) is 0 Å². The highest BCUT2D eigenvalue weighted by atomic mass is 35.5. The van der Waals surface area contributed by atoms with Crippen molar-refractivity contribution >= 4 is 17.5 Å². The molecule has 1 unspecified atom stereocenters. The molecule has 0 spiro atoms. The molecule has 0 bridgehead atoms. The number of carbonyl (C=O) groups excluding carboxylic acids is 1. The number of piperazine rings is 1. The van der Waals surface area contributed by atoms with E-state index in [1.54, 1.807) is 24.3 Å². The summed E-state index contributed by atoms with van der Waals surface area (Å²) in [6.07, 6.45) is -0.661. The van der Waals surface area contributed by atoms with Crippen LogP contribution in [0.2, 0.25) is 5.02 Å². The van der Waals surface area contributed by atoms with E-state index in [-0.39, 0.29) is 12.5 Å². The lowest BCUT2D eigenvalue weighted by molar-refractivity contribution is -0.136. The molecule has 1 aliphatic rings. The molecule has 0 radical (unpaired) electrons. The van der Waals surface area contributed by atoms with Gasteiger partial charge in [0.15, 0.2) is 0 Å². The zero-order chi connectivity index (χ0) is 15.5. The minimum Gasteiger partial charge on any atom is -0.491 e. The molecule has 0 aliphatic carbocycles. The first-order valence-electron chi connectivity index (χ1n) is 6.99. The third-order valence-electron chi connectivity index (χ3n) is 3.70. The van der Waals surface area contributed by atoms with E-state index in [0.29, 0.717) is 23.9 Å². The van der Waals surface area contributed by atoms with E-state index in [2.05, 4.69) is 5.32 Å². The number of benzene rings is 1. The van der Waals surface area contributed by atoms with Crippen LogP contribution in [0.3, 0.4) is 0 Å². The van der Waals surface area contributed by atoms with Crippen molar-refractivity contribution in [1.29, 1.82) is 0 Å². The molecule has 1 aromatic carbocycles. The van der Waals surface area contributed by atoms with Crippen molar-refractivity contribution in [3.8, 4) is 5.75 Å². The SMILES string of the molecule is CC1(C)C(=O)NCCN1CC(O)COc1ccc(Cl)cc1. The lowest BCUT2D eigenvalue weighted by Crippen LogP contribution is -2.63. The molecule has 0 saturated carbocycles. The predicted octanol–water partition coefficient (Wildman–Crippen LogP) is 1.29. The normalized spacial score (nSPS) is 19.9. The third kappa shape index (κ3) is 4.09. The molecule has 1 aromatic rings. The average molecular weight is 313 g/mol. The van der Waals surface area contributed by atoms with Crippen LogP contribution in [0.5, 0.6) is 5.75 Å². The standard InChI is InChI=1S/C15H21ClN2O3/c1-15(2)14(20)17-7-8-18(15)9-12(19)10-21-13-5-3-11(16)4-6-13/h3-6,12,19H,7-10H2,1-2H3,(H,17,20). The summed E-state index contributed by atoms with van der Waals surface area (Å²) in [5.74, 6) is 0.647. The lowest BCUT2D eigenvalue weighted by Gasteiger charge is -2.41. The fraction of sp³-hybridized carbons (Fsp3) is 0.533. The number of amides is 1. The maximum atomic E-state index is 11.8. The van der Waals surface area contributed by atoms with Gasteiger partial charge in [0.2, 0.25) is 5.91 Å². The van der Waals surface area contributed by atoms with Gasteiger partial charge >= 0.3 is 0 Å². The molecule has 1 saturated heterocycles. The molecule has 5 nitrogen and oxygen atoms in total. The molecular weight excluding hydrogens is 292 g/mol. The number of hydrogen-bond donors (Lipinski definition) is 2. The van der Waals surface area contributed by atoms with Crippen LogP contribution in [0.25, 0.3) is 0 Å². The Labute approximate surface area is 129 Å². The van der Waals surface area contributed by atoms with Gasteiger partial charge in [-0.25, -0.2) is 0 Å². The number of β-amino-alcohol motifs (C(OH)–C–C–N with tert-alkyl or cyclic N) is 1. The highest BCUT2D eigenvalue weighted by Gasteiger charge is 2.38. The van der Waals surface area contributed by atoms with Crippen molar-refractivity contribution in [2.75, 3.05) is 26.2 Å². The molecule has 1 aliphatic heterocycles. The average Bonchev–Trinajstić information content (AvgIpc) is 2.44. The maximum absolute atomic E-state index is 11.8. The van der Waals surface area contributed by atoms with E-state index in [1.807, 2.05) is 18.7 Å². The van der Waals surface area contributed by atoms with Gasteiger partial charge in [-0.1, -0.05) is 11.6 Å². The summed E-state index contributed by atoms with van der Waals surface area (Å²) in [7, 11) is 0. The van der Waals surface area contributed by atoms with Crippen molar-refractivity contribution in [3.05, 3.63) is 29.3 Å². The van der Waals surface area contributed by atoms with E-state index >= 15 is 0 Å². The Morgan fingerprint density at radius 1 is 1.43 bits per heavy atom. The van der Waals surface area contributed by atoms with E-state index in [0.717, 1.165) is 6.54 Å². The third-order valence-corrected chi connectivity index (χ3v) is 3.95. The number of halogens is 1. The van der Waals surface area contributed by atoms with Crippen LogP contribution in [-0.4, -0.2) is 53.8 Å². The van der Waals surface area contributed by atoms with Gasteiger partial charge in [-0.05, 0) is 38.1 Å². The van der Waals surface area contributed by atoms with Crippen LogP contribution in [0.1, 0.15) is 13.8 Å². The first-order valence-corrected chi connectivity index (χ1v) is 7.37. The summed E-state index contributed by atoms with van der Waals surface area (Å²) in [6, 6.07) is 6.99. The first-order chi connectivity index (χ1) is 9.89. The molecule has 6 heteroatoms. The van der Waals surface area contributed by atoms with Crippen LogP contribution in [0.4, 0.5) is 0 Å². The summed E-state index contributed by atoms with van der Waals surface area (Å²) in [5.41, 5.74) is -0.612. The fourth-order valence-corrected chi connectivity index (χ4v) is 2.42. The second-order valence-corrected chi connectivity index (χ2v) is 6.12. The minimum atomic E-state index is -0.661. The van der Waals surface area contributed by atoms with Crippen LogP contribution < -0.4 is 10.1 Å². The van der Waals surface area contributed by atoms with Gasteiger partial charge in [0.25, 0.3) is 0 Å². The monoisotopic (exact) mass is 312 g/mol. The molecular formula is C15H21ClN2O3. The molecule has 21 heavy (non-hydrogen) atoms. The Bertz CT molecular complexity index is 490. The fourth-order valence-electron chi connectivity index (χ4n) is 2.29. The predicted molar refractivity (Wildman–Crippen MR) is 81.6 cm³/mol. The van der Waals surface area contributed by atoms with Crippen molar-refractivity contribution in [2.45, 2.75) is 25.5 Å². The topological polar surface area (TPSA) is 61.8 Å². The van der Waals surface area contributed by atoms with Crippen LogP contribution in [0, 0.1) is 0 Å². The number of aliphatic hydroxyl groups is 1. The molecule has 2 N–H and O–H groups in total. The van der Waals surface area contributed by atoms with Crippen LogP contribution in [0.15, 0.2) is 24.3 Å². The zero-order valence-electron chi connectivity index (χ0n) is 12.3. The van der Waals surface area contributed by atoms with Gasteiger partial charge in [-0.2, -0.15) is 0 Å². The lowest BCUT2D eigenvalue weighted by atomic mass is 9.98. The zero-order valence-corrected chi connectivity index (χ0v) is 13.1. The number of rotatable bonds is 5. The molecule has 116 valence electrons. The van der Waals surface area contributed by atoms with E-state index in [9.17, 15) is 9.90 Å². The second kappa shape index (κ2) is 6.64. The molecule has 1 amide bonds. The minimum absolute atomic E-state index is 0.0143. The van der Waals surface area contributed by atoms with Crippen LogP contribution in [-0.2, 0) is 4.79 Å². The number of aliphatic hydroxyl groups excluding tert-OH is 1. The highest BCUT2D eigenvalue weighted by molar-refractivity contribution is 6.30. The number of nitrogens with one attached hydrogen (secondary N) is 1. The number of ether oxygens (including phenoxy) is 1. The summed E-state index contributed by atoms with van der Waals surface area (Å²) in [6.45, 7) is 5.61. The number of nitrogens with zero attached hydrogens (tertiary/aromatic N) is 1. The van der Waals surface area contributed by atoms with Crippen LogP contribution >= 0.6 is 11.6 Å². The Morgan fingerprint density at radius 2 is 2.10 bits per heavy atom. The Hall–Kier alpha value is -1.30. The Kier molecular flexibility index (Phi) is 5.08. The van der Waals surface area contributed by atoms with Crippen molar-refractivity contribution in [3.63, 3.8) is 0 Å². The quantitative estimate of drug-likeness (QED) is 0.860. The molecule has 1 heterocycles. The van der Waals surface area contributed by atoms with Gasteiger partial charge in [0, 0.05) is 24.7 Å². The van der Waals surface area contributed by atoms with Crippen molar-refractivity contribution in [2.24, 2.45) is 0 Å². The molecule has 0 aromatic heterocycles.